The summed E-state index contributed by atoms with van der Waals surface area (Å²) in [6.07, 6.45) is 0. The summed E-state index contributed by atoms with van der Waals surface area (Å²) in [6.45, 7) is 0.241. The summed E-state index contributed by atoms with van der Waals surface area (Å²) < 4.78 is 26.3. The van der Waals surface area contributed by atoms with Gasteiger partial charge >= 0.3 is 5.97 Å². The van der Waals surface area contributed by atoms with Crippen LogP contribution in [0.15, 0.2) is 36.4 Å². The predicted octanol–water partition coefficient (Wildman–Crippen LogP) is 2.88. The molecule has 110 valence electrons. The number of nitrogens with two attached hydrogens (primary N) is 1. The quantitative estimate of drug-likeness (QED) is 0.850. The van der Waals surface area contributed by atoms with E-state index in [1.165, 1.54) is 24.3 Å². The molecule has 2 aromatic carbocycles. The van der Waals surface area contributed by atoms with Gasteiger partial charge in [-0.25, -0.2) is 13.6 Å². The Morgan fingerprint density at radius 2 is 1.81 bits per heavy atom. The van der Waals surface area contributed by atoms with Crippen molar-refractivity contribution in [3.63, 3.8) is 0 Å². The molecule has 3 N–H and O–H groups in total. The van der Waals surface area contributed by atoms with E-state index < -0.39 is 17.6 Å². The average molecular weight is 292 g/mol. The van der Waals surface area contributed by atoms with Gasteiger partial charge in [-0.3, -0.25) is 0 Å². The Hall–Kier alpha value is -2.63. The third kappa shape index (κ3) is 3.47. The zero-order valence-corrected chi connectivity index (χ0v) is 11.3. The van der Waals surface area contributed by atoms with E-state index in [1.807, 2.05) is 0 Å². The molecule has 0 bridgehead atoms. The molecule has 0 saturated carbocycles. The van der Waals surface area contributed by atoms with Crippen molar-refractivity contribution in [1.29, 1.82) is 0 Å². The lowest BCUT2D eigenvalue weighted by Gasteiger charge is -2.21. The molecular formula is C15H14F2N2O2. The maximum absolute atomic E-state index is 13.2. The molecule has 0 fully saturated rings. The number of nitrogens with zero attached hydrogens (tertiary/aromatic N) is 1. The predicted molar refractivity (Wildman–Crippen MR) is 76.3 cm³/mol. The minimum Gasteiger partial charge on any atom is -0.478 e. The Morgan fingerprint density at radius 3 is 2.33 bits per heavy atom. The van der Waals surface area contributed by atoms with Crippen molar-refractivity contribution in [3.05, 3.63) is 59.2 Å². The van der Waals surface area contributed by atoms with Crippen LogP contribution in [0.1, 0.15) is 15.9 Å². The standard InChI is InChI=1S/C15H14F2N2O2/c1-19(8-9-4-11(16)7-12(17)5-9)14-3-2-10(15(20)21)6-13(14)18/h2-7H,8,18H2,1H3,(H,20,21). The number of hydrogen-bond acceptors (Lipinski definition) is 3. The van der Waals surface area contributed by atoms with Gasteiger partial charge in [-0.1, -0.05) is 0 Å². The van der Waals surface area contributed by atoms with E-state index >= 15 is 0 Å². The fourth-order valence-corrected chi connectivity index (χ4v) is 2.10. The van der Waals surface area contributed by atoms with Crippen molar-refractivity contribution in [3.8, 4) is 0 Å². The molecule has 0 atom stereocenters. The Labute approximate surface area is 120 Å². The summed E-state index contributed by atoms with van der Waals surface area (Å²) in [5, 5.41) is 8.88. The molecule has 0 radical (unpaired) electrons. The second-order valence-corrected chi connectivity index (χ2v) is 4.71. The molecule has 0 heterocycles. The van der Waals surface area contributed by atoms with Crippen LogP contribution in [0.25, 0.3) is 0 Å². The number of carboxylic acid groups (broad SMARTS) is 1. The van der Waals surface area contributed by atoms with Gasteiger partial charge < -0.3 is 15.7 Å². The van der Waals surface area contributed by atoms with Crippen molar-refractivity contribution in [2.24, 2.45) is 0 Å². The fourth-order valence-electron chi connectivity index (χ4n) is 2.10. The maximum Gasteiger partial charge on any atom is 0.335 e. The molecule has 0 aliphatic heterocycles. The molecule has 0 saturated heterocycles. The van der Waals surface area contributed by atoms with Crippen LogP contribution >= 0.6 is 0 Å². The van der Waals surface area contributed by atoms with Gasteiger partial charge in [-0.2, -0.15) is 0 Å². The van der Waals surface area contributed by atoms with Crippen LogP contribution in [0.4, 0.5) is 20.2 Å². The van der Waals surface area contributed by atoms with E-state index in [-0.39, 0.29) is 17.8 Å². The molecule has 4 nitrogen and oxygen atoms in total. The minimum atomic E-state index is -1.07. The fraction of sp³-hybridized carbons (Fsp3) is 0.133. The van der Waals surface area contributed by atoms with E-state index in [4.69, 9.17) is 10.8 Å². The van der Waals surface area contributed by atoms with Crippen LogP contribution in [0.2, 0.25) is 0 Å². The van der Waals surface area contributed by atoms with Crippen LogP contribution in [-0.2, 0) is 6.54 Å². The van der Waals surface area contributed by atoms with Crippen LogP contribution in [0, 0.1) is 11.6 Å². The number of nitrogen functional groups attached to an aromatic ring is 1. The summed E-state index contributed by atoms with van der Waals surface area (Å²) in [5.74, 6) is -2.36. The van der Waals surface area contributed by atoms with Crippen LogP contribution in [0.3, 0.4) is 0 Å². The SMILES string of the molecule is CN(Cc1cc(F)cc(F)c1)c1ccc(C(=O)O)cc1N. The van der Waals surface area contributed by atoms with Crippen LogP contribution in [0.5, 0.6) is 0 Å². The number of halogens is 2. The molecule has 0 spiro atoms. The number of carbonyl (C=O) groups is 1. The molecule has 0 aromatic heterocycles. The average Bonchev–Trinajstić information content (AvgIpc) is 2.36. The second-order valence-electron chi connectivity index (χ2n) is 4.71. The number of rotatable bonds is 4. The van der Waals surface area contributed by atoms with E-state index in [9.17, 15) is 13.6 Å². The highest BCUT2D eigenvalue weighted by molar-refractivity contribution is 5.90. The lowest BCUT2D eigenvalue weighted by Crippen LogP contribution is -2.18. The summed E-state index contributed by atoms with van der Waals surface area (Å²) in [4.78, 5) is 12.5. The normalized spacial score (nSPS) is 10.4. The van der Waals surface area contributed by atoms with Gasteiger partial charge in [0, 0.05) is 19.7 Å². The summed E-state index contributed by atoms with van der Waals surface area (Å²) in [5.41, 5.74) is 7.23. The van der Waals surface area contributed by atoms with Gasteiger partial charge in [0.05, 0.1) is 16.9 Å². The maximum atomic E-state index is 13.2. The zero-order valence-electron chi connectivity index (χ0n) is 11.3. The first-order valence-electron chi connectivity index (χ1n) is 6.16. The lowest BCUT2D eigenvalue weighted by molar-refractivity contribution is 0.0697. The van der Waals surface area contributed by atoms with Gasteiger partial charge in [0.25, 0.3) is 0 Å². The lowest BCUT2D eigenvalue weighted by atomic mass is 10.1. The largest absolute Gasteiger partial charge is 0.478 e. The Morgan fingerprint density at radius 1 is 1.19 bits per heavy atom. The summed E-state index contributed by atoms with van der Waals surface area (Å²) in [6, 6.07) is 7.62. The van der Waals surface area contributed by atoms with E-state index in [0.29, 0.717) is 11.3 Å². The molecular weight excluding hydrogens is 278 g/mol. The molecule has 2 rings (SSSR count). The number of aromatic carboxylic acids is 1. The Bertz CT molecular complexity index is 669. The highest BCUT2D eigenvalue weighted by Crippen LogP contribution is 2.25. The molecule has 2 aromatic rings. The third-order valence-electron chi connectivity index (χ3n) is 3.03. The molecule has 6 heteroatoms. The third-order valence-corrected chi connectivity index (χ3v) is 3.03. The van der Waals surface area contributed by atoms with Gasteiger partial charge in [0.2, 0.25) is 0 Å². The van der Waals surface area contributed by atoms with E-state index in [0.717, 1.165) is 6.07 Å². The topological polar surface area (TPSA) is 66.6 Å². The number of anilines is 2. The minimum absolute atomic E-state index is 0.0847. The monoisotopic (exact) mass is 292 g/mol. The van der Waals surface area contributed by atoms with Crippen LogP contribution < -0.4 is 10.6 Å². The smallest absolute Gasteiger partial charge is 0.335 e. The first-order chi connectivity index (χ1) is 9.86. The van der Waals surface area contributed by atoms with Gasteiger partial charge in [-0.05, 0) is 35.9 Å². The molecule has 0 amide bonds. The molecule has 21 heavy (non-hydrogen) atoms. The zero-order chi connectivity index (χ0) is 15.6. The number of carboxylic acids is 1. The summed E-state index contributed by atoms with van der Waals surface area (Å²) in [7, 11) is 1.70. The highest BCUT2D eigenvalue weighted by atomic mass is 19.1. The van der Waals surface area contributed by atoms with Gasteiger partial charge in [0.1, 0.15) is 11.6 Å². The van der Waals surface area contributed by atoms with Crippen molar-refractivity contribution in [2.45, 2.75) is 6.54 Å². The Kier molecular flexibility index (Phi) is 4.07. The van der Waals surface area contributed by atoms with Crippen LogP contribution in [-0.4, -0.2) is 18.1 Å². The van der Waals surface area contributed by atoms with Gasteiger partial charge in [-0.15, -0.1) is 0 Å². The first-order valence-corrected chi connectivity index (χ1v) is 6.16. The van der Waals surface area contributed by atoms with Crippen molar-refractivity contribution >= 4 is 17.3 Å². The van der Waals surface area contributed by atoms with Crippen molar-refractivity contribution in [1.82, 2.24) is 0 Å². The molecule has 0 aliphatic rings. The van der Waals surface area contributed by atoms with Crippen molar-refractivity contribution < 1.29 is 18.7 Å². The van der Waals surface area contributed by atoms with Crippen molar-refractivity contribution in [2.75, 3.05) is 17.7 Å². The summed E-state index contributed by atoms with van der Waals surface area (Å²) >= 11 is 0. The molecule has 0 unspecified atom stereocenters. The van der Waals surface area contributed by atoms with E-state index in [1.54, 1.807) is 18.0 Å². The number of hydrogen-bond donors (Lipinski definition) is 2. The van der Waals surface area contributed by atoms with Gasteiger partial charge in [0.15, 0.2) is 0 Å². The second kappa shape index (κ2) is 5.78. The first kappa shape index (κ1) is 14.8. The number of benzene rings is 2. The Balaban J connectivity index is 2.24. The van der Waals surface area contributed by atoms with E-state index in [2.05, 4.69) is 0 Å². The highest BCUT2D eigenvalue weighted by Gasteiger charge is 2.11. The molecule has 0 aliphatic carbocycles.